The fraction of sp³-hybridized carbons (Fsp3) is 0.429. The van der Waals surface area contributed by atoms with Crippen molar-refractivity contribution in [3.63, 3.8) is 0 Å². The molecule has 0 aromatic heterocycles. The second kappa shape index (κ2) is 7.60. The molecular weight excluding hydrogens is 266 g/mol. The molecule has 2 aromatic rings. The Morgan fingerprint density at radius 1 is 0.818 bits per heavy atom. The zero-order valence-electron chi connectivity index (χ0n) is 14.4. The lowest BCUT2D eigenvalue weighted by molar-refractivity contribution is 0.223. The maximum Gasteiger partial charge on any atom is 0.0101 e. The van der Waals surface area contributed by atoms with Gasteiger partial charge in [-0.2, -0.15) is 0 Å². The van der Waals surface area contributed by atoms with E-state index in [4.69, 9.17) is 0 Å². The normalized spacial score (nSPS) is 12.1. The van der Waals surface area contributed by atoms with Gasteiger partial charge in [0.05, 0.1) is 0 Å². The summed E-state index contributed by atoms with van der Waals surface area (Å²) in [5.41, 5.74) is 3.18. The van der Waals surface area contributed by atoms with Gasteiger partial charge in [0.25, 0.3) is 0 Å². The Balaban J connectivity index is 2.10. The van der Waals surface area contributed by atoms with E-state index in [-0.39, 0.29) is 0 Å². The molecule has 0 aliphatic rings. The fourth-order valence-corrected chi connectivity index (χ4v) is 3.13. The topological polar surface area (TPSA) is 3.24 Å². The van der Waals surface area contributed by atoms with Crippen LogP contribution in [0, 0.1) is 5.41 Å². The summed E-state index contributed by atoms with van der Waals surface area (Å²) in [5.74, 6) is 0.477. The predicted molar refractivity (Wildman–Crippen MR) is 96.3 cm³/mol. The van der Waals surface area contributed by atoms with Crippen LogP contribution < -0.4 is 0 Å². The van der Waals surface area contributed by atoms with E-state index in [0.717, 1.165) is 19.5 Å². The molecule has 0 aliphatic carbocycles. The lowest BCUT2D eigenvalue weighted by Gasteiger charge is -2.28. The van der Waals surface area contributed by atoms with Crippen LogP contribution in [0.1, 0.15) is 44.2 Å². The number of rotatable bonds is 6. The first-order valence-electron chi connectivity index (χ1n) is 8.24. The molecule has 0 heterocycles. The molecule has 0 saturated carbocycles. The van der Waals surface area contributed by atoms with Crippen LogP contribution in [0.4, 0.5) is 0 Å². The summed E-state index contributed by atoms with van der Waals surface area (Å²) >= 11 is 0. The van der Waals surface area contributed by atoms with E-state index in [9.17, 15) is 0 Å². The van der Waals surface area contributed by atoms with Crippen LogP contribution in [-0.4, -0.2) is 25.0 Å². The van der Waals surface area contributed by atoms with Crippen molar-refractivity contribution in [2.75, 3.05) is 20.1 Å². The first-order chi connectivity index (χ1) is 10.5. The Labute approximate surface area is 136 Å². The minimum Gasteiger partial charge on any atom is -0.306 e. The fourth-order valence-electron chi connectivity index (χ4n) is 3.13. The van der Waals surface area contributed by atoms with Crippen molar-refractivity contribution in [1.29, 1.82) is 0 Å². The van der Waals surface area contributed by atoms with Crippen molar-refractivity contribution in [2.24, 2.45) is 5.41 Å². The highest BCUT2D eigenvalue weighted by atomic mass is 15.1. The first-order valence-corrected chi connectivity index (χ1v) is 8.24. The Bertz CT molecular complexity index is 500. The van der Waals surface area contributed by atoms with Crippen LogP contribution in [0.15, 0.2) is 60.7 Å². The van der Waals surface area contributed by atoms with Crippen molar-refractivity contribution in [3.8, 4) is 0 Å². The molecule has 1 heteroatoms. The molecule has 0 radical (unpaired) electrons. The highest BCUT2D eigenvalue weighted by molar-refractivity contribution is 5.32. The van der Waals surface area contributed by atoms with E-state index in [1.54, 1.807) is 0 Å². The Kier molecular flexibility index (Phi) is 5.79. The third kappa shape index (κ3) is 5.31. The van der Waals surface area contributed by atoms with E-state index in [2.05, 4.69) is 93.4 Å². The standard InChI is InChI=1S/C21H29N/c1-21(2,3)17-22(4)16-15-20(18-11-7-5-8-12-18)19-13-9-6-10-14-19/h5-14,20H,15-17H2,1-4H3. The molecule has 0 bridgehead atoms. The van der Waals surface area contributed by atoms with Gasteiger partial charge >= 0.3 is 0 Å². The quantitative estimate of drug-likeness (QED) is 0.709. The van der Waals surface area contributed by atoms with Gasteiger partial charge in [-0.15, -0.1) is 0 Å². The molecule has 0 fully saturated rings. The number of hydrogen-bond acceptors (Lipinski definition) is 1. The SMILES string of the molecule is CN(CCC(c1ccccc1)c1ccccc1)CC(C)(C)C. The van der Waals surface area contributed by atoms with Gasteiger partial charge < -0.3 is 4.90 Å². The van der Waals surface area contributed by atoms with Crippen LogP contribution in [0.2, 0.25) is 0 Å². The van der Waals surface area contributed by atoms with Gasteiger partial charge in [0.15, 0.2) is 0 Å². The molecule has 0 unspecified atom stereocenters. The van der Waals surface area contributed by atoms with Crippen molar-refractivity contribution < 1.29 is 0 Å². The van der Waals surface area contributed by atoms with Crippen molar-refractivity contribution >= 4 is 0 Å². The zero-order valence-corrected chi connectivity index (χ0v) is 14.4. The van der Waals surface area contributed by atoms with Gasteiger partial charge in [-0.25, -0.2) is 0 Å². The maximum atomic E-state index is 2.46. The molecule has 0 amide bonds. The average molecular weight is 295 g/mol. The summed E-state index contributed by atoms with van der Waals surface area (Å²) in [7, 11) is 2.23. The second-order valence-corrected chi connectivity index (χ2v) is 7.46. The zero-order chi connectivity index (χ0) is 16.0. The van der Waals surface area contributed by atoms with E-state index >= 15 is 0 Å². The third-order valence-corrected chi connectivity index (χ3v) is 3.95. The number of hydrogen-bond donors (Lipinski definition) is 0. The monoisotopic (exact) mass is 295 g/mol. The van der Waals surface area contributed by atoms with E-state index < -0.39 is 0 Å². The highest BCUT2D eigenvalue weighted by Gasteiger charge is 2.17. The minimum absolute atomic E-state index is 0.351. The van der Waals surface area contributed by atoms with Gasteiger partial charge in [-0.1, -0.05) is 81.4 Å². The van der Waals surface area contributed by atoms with Crippen LogP contribution in [0.25, 0.3) is 0 Å². The van der Waals surface area contributed by atoms with Gasteiger partial charge in [-0.3, -0.25) is 0 Å². The first kappa shape index (κ1) is 16.8. The molecule has 0 N–H and O–H groups in total. The average Bonchev–Trinajstić information content (AvgIpc) is 2.48. The molecule has 0 saturated heterocycles. The van der Waals surface area contributed by atoms with Crippen LogP contribution in [0.5, 0.6) is 0 Å². The Morgan fingerprint density at radius 2 is 1.27 bits per heavy atom. The smallest absolute Gasteiger partial charge is 0.0101 e. The van der Waals surface area contributed by atoms with Crippen LogP contribution >= 0.6 is 0 Å². The Morgan fingerprint density at radius 3 is 1.68 bits per heavy atom. The second-order valence-electron chi connectivity index (χ2n) is 7.46. The van der Waals surface area contributed by atoms with Crippen LogP contribution in [0.3, 0.4) is 0 Å². The minimum atomic E-state index is 0.351. The molecule has 1 nitrogen and oxygen atoms in total. The van der Waals surface area contributed by atoms with Crippen molar-refractivity contribution in [1.82, 2.24) is 4.90 Å². The predicted octanol–water partition coefficient (Wildman–Crippen LogP) is 5.19. The summed E-state index contributed by atoms with van der Waals surface area (Å²) in [4.78, 5) is 2.46. The largest absolute Gasteiger partial charge is 0.306 e. The number of benzene rings is 2. The van der Waals surface area contributed by atoms with E-state index in [0.29, 0.717) is 11.3 Å². The molecule has 2 aromatic carbocycles. The lowest BCUT2D eigenvalue weighted by Crippen LogP contribution is -2.30. The van der Waals surface area contributed by atoms with Gasteiger partial charge in [-0.05, 0) is 36.6 Å². The van der Waals surface area contributed by atoms with Gasteiger partial charge in [0.2, 0.25) is 0 Å². The third-order valence-electron chi connectivity index (χ3n) is 3.95. The summed E-state index contributed by atoms with van der Waals surface area (Å²) in [5, 5.41) is 0. The summed E-state index contributed by atoms with van der Waals surface area (Å²) in [6.45, 7) is 9.15. The van der Waals surface area contributed by atoms with Crippen LogP contribution in [-0.2, 0) is 0 Å². The van der Waals surface area contributed by atoms with Crippen molar-refractivity contribution in [3.05, 3.63) is 71.8 Å². The number of nitrogens with zero attached hydrogens (tertiary/aromatic N) is 1. The Hall–Kier alpha value is -1.60. The van der Waals surface area contributed by atoms with E-state index in [1.807, 2.05) is 0 Å². The van der Waals surface area contributed by atoms with Gasteiger partial charge in [0.1, 0.15) is 0 Å². The molecule has 118 valence electrons. The highest BCUT2D eigenvalue weighted by Crippen LogP contribution is 2.28. The maximum absolute atomic E-state index is 2.46. The summed E-state index contributed by atoms with van der Waals surface area (Å²) < 4.78 is 0. The molecule has 22 heavy (non-hydrogen) atoms. The van der Waals surface area contributed by atoms with Gasteiger partial charge in [0, 0.05) is 12.5 Å². The summed E-state index contributed by atoms with van der Waals surface area (Å²) in [6.07, 6.45) is 1.15. The molecule has 0 atom stereocenters. The van der Waals surface area contributed by atoms with Crippen molar-refractivity contribution in [2.45, 2.75) is 33.1 Å². The summed E-state index contributed by atoms with van der Waals surface area (Å²) in [6, 6.07) is 21.8. The molecule has 2 rings (SSSR count). The lowest BCUT2D eigenvalue weighted by atomic mass is 9.88. The molecule has 0 spiro atoms. The molecular formula is C21H29N. The van der Waals surface area contributed by atoms with E-state index in [1.165, 1.54) is 11.1 Å². The molecule has 0 aliphatic heterocycles.